The number of amides is 1. The standard InChI is InChI=1S/C14H18BrClN2O2/c15-4-7-17-5-1-6-18(9-8-17)14(20)12-10-11(16)2-3-13(12)19/h2-3,10,19H,1,4-9H2. The number of phenolic OH excluding ortho intramolecular Hbond substituents is 1. The minimum absolute atomic E-state index is 0.0130. The second-order valence-electron chi connectivity index (χ2n) is 4.84. The van der Waals surface area contributed by atoms with Crippen molar-refractivity contribution in [3.05, 3.63) is 28.8 Å². The van der Waals surface area contributed by atoms with Gasteiger partial charge in [-0.1, -0.05) is 27.5 Å². The molecule has 0 aliphatic carbocycles. The first-order valence-electron chi connectivity index (χ1n) is 6.68. The smallest absolute Gasteiger partial charge is 0.257 e. The molecule has 0 unspecified atom stereocenters. The molecule has 1 aliphatic heterocycles. The van der Waals surface area contributed by atoms with Crippen molar-refractivity contribution in [2.45, 2.75) is 6.42 Å². The van der Waals surface area contributed by atoms with Crippen LogP contribution in [0.15, 0.2) is 18.2 Å². The summed E-state index contributed by atoms with van der Waals surface area (Å²) < 4.78 is 0. The number of halogens is 2. The van der Waals surface area contributed by atoms with Gasteiger partial charge < -0.3 is 14.9 Å². The predicted octanol–water partition coefficient (Wildman–Crippen LogP) is 2.59. The van der Waals surface area contributed by atoms with Crippen molar-refractivity contribution in [1.29, 1.82) is 0 Å². The second kappa shape index (κ2) is 7.29. The number of carbonyl (C=O) groups excluding carboxylic acids is 1. The van der Waals surface area contributed by atoms with Crippen LogP contribution in [0.5, 0.6) is 5.75 Å². The van der Waals surface area contributed by atoms with E-state index in [4.69, 9.17) is 11.6 Å². The van der Waals surface area contributed by atoms with E-state index in [0.717, 1.165) is 31.4 Å². The fourth-order valence-corrected chi connectivity index (χ4v) is 3.04. The van der Waals surface area contributed by atoms with E-state index in [-0.39, 0.29) is 17.2 Å². The highest BCUT2D eigenvalue weighted by Crippen LogP contribution is 2.23. The number of benzene rings is 1. The molecule has 110 valence electrons. The minimum atomic E-state index is -0.148. The van der Waals surface area contributed by atoms with E-state index in [1.807, 2.05) is 0 Å². The van der Waals surface area contributed by atoms with Gasteiger partial charge in [0.05, 0.1) is 5.56 Å². The lowest BCUT2D eigenvalue weighted by atomic mass is 10.1. The maximum absolute atomic E-state index is 12.5. The number of carbonyl (C=O) groups is 1. The third kappa shape index (κ3) is 3.87. The third-order valence-corrected chi connectivity index (χ3v) is 4.06. The molecule has 1 aromatic rings. The van der Waals surface area contributed by atoms with Crippen LogP contribution < -0.4 is 0 Å². The van der Waals surface area contributed by atoms with Crippen LogP contribution in [-0.2, 0) is 0 Å². The molecule has 4 nitrogen and oxygen atoms in total. The van der Waals surface area contributed by atoms with Crippen LogP contribution in [-0.4, -0.2) is 58.9 Å². The van der Waals surface area contributed by atoms with Crippen LogP contribution >= 0.6 is 27.5 Å². The first kappa shape index (κ1) is 15.6. The highest BCUT2D eigenvalue weighted by molar-refractivity contribution is 9.09. The van der Waals surface area contributed by atoms with Crippen molar-refractivity contribution in [1.82, 2.24) is 9.80 Å². The van der Waals surface area contributed by atoms with Crippen LogP contribution in [0.1, 0.15) is 16.8 Å². The van der Waals surface area contributed by atoms with Crippen molar-refractivity contribution < 1.29 is 9.90 Å². The molecule has 0 spiro atoms. The molecular formula is C14H18BrClN2O2. The number of hydrogen-bond acceptors (Lipinski definition) is 3. The quantitative estimate of drug-likeness (QED) is 0.842. The van der Waals surface area contributed by atoms with Crippen LogP contribution in [0, 0.1) is 0 Å². The summed E-state index contributed by atoms with van der Waals surface area (Å²) in [5.74, 6) is -0.161. The summed E-state index contributed by atoms with van der Waals surface area (Å²) >= 11 is 9.34. The van der Waals surface area contributed by atoms with Crippen molar-refractivity contribution in [3.8, 4) is 5.75 Å². The minimum Gasteiger partial charge on any atom is -0.507 e. The Morgan fingerprint density at radius 2 is 2.10 bits per heavy atom. The molecule has 1 amide bonds. The Bertz CT molecular complexity index is 484. The first-order chi connectivity index (χ1) is 9.61. The van der Waals surface area contributed by atoms with Gasteiger partial charge in [0.15, 0.2) is 0 Å². The Morgan fingerprint density at radius 3 is 2.85 bits per heavy atom. The van der Waals surface area contributed by atoms with Gasteiger partial charge in [0, 0.05) is 36.5 Å². The predicted molar refractivity (Wildman–Crippen MR) is 83.9 cm³/mol. The highest BCUT2D eigenvalue weighted by atomic mass is 79.9. The molecule has 1 heterocycles. The average molecular weight is 362 g/mol. The fraction of sp³-hybridized carbons (Fsp3) is 0.500. The maximum Gasteiger partial charge on any atom is 0.257 e. The Morgan fingerprint density at radius 1 is 1.30 bits per heavy atom. The molecule has 0 radical (unpaired) electrons. The molecule has 0 aromatic heterocycles. The van der Waals surface area contributed by atoms with Gasteiger partial charge in [-0.3, -0.25) is 4.79 Å². The van der Waals surface area contributed by atoms with Crippen molar-refractivity contribution in [2.24, 2.45) is 0 Å². The Labute approximate surface area is 132 Å². The summed E-state index contributed by atoms with van der Waals surface area (Å²) in [6.45, 7) is 4.24. The number of nitrogens with zero attached hydrogens (tertiary/aromatic N) is 2. The molecule has 6 heteroatoms. The second-order valence-corrected chi connectivity index (χ2v) is 6.07. The number of rotatable bonds is 3. The summed E-state index contributed by atoms with van der Waals surface area (Å²) in [4.78, 5) is 16.6. The molecule has 0 atom stereocenters. The molecule has 0 saturated carbocycles. The Hall–Kier alpha value is -0.780. The number of hydrogen-bond donors (Lipinski definition) is 1. The zero-order valence-corrected chi connectivity index (χ0v) is 13.5. The fourth-order valence-electron chi connectivity index (χ4n) is 2.37. The normalized spacial score (nSPS) is 17.0. The van der Waals surface area contributed by atoms with Gasteiger partial charge in [-0.15, -0.1) is 0 Å². The topological polar surface area (TPSA) is 43.8 Å². The van der Waals surface area contributed by atoms with Crippen molar-refractivity contribution >= 4 is 33.4 Å². The van der Waals surface area contributed by atoms with Crippen LogP contribution in [0.3, 0.4) is 0 Å². The van der Waals surface area contributed by atoms with E-state index in [1.165, 1.54) is 12.1 Å². The van der Waals surface area contributed by atoms with Gasteiger partial charge in [0.2, 0.25) is 0 Å². The Balaban J connectivity index is 2.07. The molecule has 1 aliphatic rings. The van der Waals surface area contributed by atoms with Gasteiger partial charge in [-0.05, 0) is 31.2 Å². The molecule has 1 N–H and O–H groups in total. The summed E-state index contributed by atoms with van der Waals surface area (Å²) in [7, 11) is 0. The number of alkyl halides is 1. The lowest BCUT2D eigenvalue weighted by Gasteiger charge is -2.22. The van der Waals surface area contributed by atoms with Gasteiger partial charge in [0.1, 0.15) is 5.75 Å². The lowest BCUT2D eigenvalue weighted by molar-refractivity contribution is 0.0759. The largest absolute Gasteiger partial charge is 0.507 e. The molecule has 2 rings (SSSR count). The van der Waals surface area contributed by atoms with Crippen LogP contribution in [0.2, 0.25) is 5.02 Å². The van der Waals surface area contributed by atoms with Gasteiger partial charge >= 0.3 is 0 Å². The van der Waals surface area contributed by atoms with E-state index in [1.54, 1.807) is 11.0 Å². The average Bonchev–Trinajstić information content (AvgIpc) is 2.67. The number of phenols is 1. The summed E-state index contributed by atoms with van der Waals surface area (Å²) in [6, 6.07) is 4.57. The third-order valence-electron chi connectivity index (χ3n) is 3.47. The van der Waals surface area contributed by atoms with Crippen molar-refractivity contribution in [3.63, 3.8) is 0 Å². The van der Waals surface area contributed by atoms with Gasteiger partial charge in [-0.2, -0.15) is 0 Å². The molecule has 1 aromatic carbocycles. The van der Waals surface area contributed by atoms with E-state index in [0.29, 0.717) is 18.1 Å². The Kier molecular flexibility index (Phi) is 5.69. The maximum atomic E-state index is 12.5. The van der Waals surface area contributed by atoms with E-state index in [9.17, 15) is 9.90 Å². The molecule has 0 bridgehead atoms. The van der Waals surface area contributed by atoms with E-state index >= 15 is 0 Å². The van der Waals surface area contributed by atoms with E-state index in [2.05, 4.69) is 20.8 Å². The summed E-state index contributed by atoms with van der Waals surface area (Å²) in [6.07, 6.45) is 0.945. The molecule has 1 fully saturated rings. The van der Waals surface area contributed by atoms with Crippen LogP contribution in [0.4, 0.5) is 0 Å². The molecule has 1 saturated heterocycles. The number of aromatic hydroxyl groups is 1. The zero-order chi connectivity index (χ0) is 14.5. The van der Waals surface area contributed by atoms with Crippen molar-refractivity contribution in [2.75, 3.05) is 38.1 Å². The zero-order valence-electron chi connectivity index (χ0n) is 11.2. The molecular weight excluding hydrogens is 344 g/mol. The lowest BCUT2D eigenvalue weighted by Crippen LogP contribution is -2.35. The summed E-state index contributed by atoms with van der Waals surface area (Å²) in [5, 5.41) is 11.2. The first-order valence-corrected chi connectivity index (χ1v) is 8.18. The summed E-state index contributed by atoms with van der Waals surface area (Å²) in [5.41, 5.74) is 0.284. The molecule has 20 heavy (non-hydrogen) atoms. The van der Waals surface area contributed by atoms with Crippen LogP contribution in [0.25, 0.3) is 0 Å². The highest BCUT2D eigenvalue weighted by Gasteiger charge is 2.22. The van der Waals surface area contributed by atoms with Gasteiger partial charge in [0.25, 0.3) is 5.91 Å². The van der Waals surface area contributed by atoms with Gasteiger partial charge in [-0.25, -0.2) is 0 Å². The van der Waals surface area contributed by atoms with E-state index < -0.39 is 0 Å². The monoisotopic (exact) mass is 360 g/mol. The SMILES string of the molecule is O=C(c1cc(Cl)ccc1O)N1CCCN(CCBr)CC1.